The molecule has 30 heavy (non-hydrogen) atoms. The van der Waals surface area contributed by atoms with Gasteiger partial charge in [0.25, 0.3) is 5.91 Å². The van der Waals surface area contributed by atoms with Crippen molar-refractivity contribution in [2.45, 2.75) is 18.6 Å². The highest BCUT2D eigenvalue weighted by Crippen LogP contribution is 2.27. The number of nitrogens with one attached hydrogen (secondary N) is 1. The van der Waals surface area contributed by atoms with Crippen LogP contribution in [0.25, 0.3) is 10.7 Å². The number of amides is 2. The van der Waals surface area contributed by atoms with Crippen LogP contribution in [0.4, 0.5) is 5.69 Å². The number of thioether (sulfide) groups is 1. The molecule has 0 saturated carbocycles. The van der Waals surface area contributed by atoms with Gasteiger partial charge in [-0.05, 0) is 42.6 Å². The lowest BCUT2D eigenvalue weighted by Crippen LogP contribution is -2.27. The van der Waals surface area contributed by atoms with Crippen molar-refractivity contribution in [3.05, 3.63) is 41.8 Å². The van der Waals surface area contributed by atoms with Gasteiger partial charge in [-0.3, -0.25) is 9.59 Å². The van der Waals surface area contributed by atoms with Crippen LogP contribution in [-0.4, -0.2) is 57.9 Å². The minimum Gasteiger partial charge on any atom is -0.484 e. The maximum absolute atomic E-state index is 12.3. The van der Waals surface area contributed by atoms with Crippen molar-refractivity contribution in [3.8, 4) is 16.5 Å². The summed E-state index contributed by atoms with van der Waals surface area (Å²) in [4.78, 5) is 26.4. The molecule has 1 N–H and O–H groups in total. The Hall–Kier alpha value is -2.85. The van der Waals surface area contributed by atoms with Crippen molar-refractivity contribution in [1.82, 2.24) is 19.7 Å². The average Bonchev–Trinajstić information content (AvgIpc) is 3.40. The molecule has 2 heterocycles. The molecule has 0 unspecified atom stereocenters. The summed E-state index contributed by atoms with van der Waals surface area (Å²) < 4.78 is 7.43. The van der Waals surface area contributed by atoms with E-state index in [9.17, 15) is 9.59 Å². The molecule has 2 amide bonds. The number of aromatic nitrogens is 3. The summed E-state index contributed by atoms with van der Waals surface area (Å²) in [6, 6.07) is 10.9. The van der Waals surface area contributed by atoms with Crippen molar-refractivity contribution in [1.29, 1.82) is 0 Å². The van der Waals surface area contributed by atoms with Crippen LogP contribution < -0.4 is 10.1 Å². The van der Waals surface area contributed by atoms with Gasteiger partial charge in [-0.2, -0.15) is 0 Å². The Morgan fingerprint density at radius 2 is 1.97 bits per heavy atom. The minimum atomic E-state index is -0.139. The summed E-state index contributed by atoms with van der Waals surface area (Å²) in [5.74, 6) is 1.35. The van der Waals surface area contributed by atoms with E-state index in [2.05, 4.69) is 15.5 Å². The lowest BCUT2D eigenvalue weighted by atomic mass is 10.3. The highest BCUT2D eigenvalue weighted by molar-refractivity contribution is 7.99. The number of carbonyl (C=O) groups excluding carboxylic acids is 2. The maximum atomic E-state index is 12.3. The Kier molecular flexibility index (Phi) is 7.47. The molecule has 0 saturated heterocycles. The van der Waals surface area contributed by atoms with Gasteiger partial charge >= 0.3 is 0 Å². The molecule has 0 aliphatic rings. The molecule has 1 aromatic carbocycles. The predicted octanol–water partition coefficient (Wildman–Crippen LogP) is 3.22. The van der Waals surface area contributed by atoms with Gasteiger partial charge in [-0.1, -0.05) is 17.8 Å². The van der Waals surface area contributed by atoms with Crippen LogP contribution in [0.3, 0.4) is 0 Å². The molecule has 0 aliphatic carbocycles. The van der Waals surface area contributed by atoms with Crippen LogP contribution in [0.5, 0.6) is 5.75 Å². The van der Waals surface area contributed by atoms with Gasteiger partial charge in [0.2, 0.25) is 5.91 Å². The van der Waals surface area contributed by atoms with Gasteiger partial charge in [0.05, 0.1) is 10.6 Å². The largest absolute Gasteiger partial charge is 0.484 e. The zero-order valence-corrected chi connectivity index (χ0v) is 18.6. The van der Waals surface area contributed by atoms with Gasteiger partial charge in [-0.15, -0.1) is 21.5 Å². The summed E-state index contributed by atoms with van der Waals surface area (Å²) in [5.41, 5.74) is 0.656. The second kappa shape index (κ2) is 10.3. The fraction of sp³-hybridized carbons (Fsp3) is 0.300. The maximum Gasteiger partial charge on any atom is 0.259 e. The highest BCUT2D eigenvalue weighted by Gasteiger charge is 2.15. The van der Waals surface area contributed by atoms with Crippen LogP contribution in [0.1, 0.15) is 6.92 Å². The molecule has 10 heteroatoms. The molecule has 0 fully saturated rings. The Labute approximate surface area is 183 Å². The number of rotatable bonds is 9. The number of thiophene rings is 1. The van der Waals surface area contributed by atoms with Crippen molar-refractivity contribution in [3.63, 3.8) is 0 Å². The number of anilines is 1. The molecule has 0 atom stereocenters. The SMILES string of the molecule is CCn1c(SCC(=O)Nc2ccc(OCC(=O)N(C)C)cc2)nnc1-c1cccs1. The van der Waals surface area contributed by atoms with E-state index in [4.69, 9.17) is 4.74 Å². The third kappa shape index (κ3) is 5.61. The first kappa shape index (κ1) is 21.8. The molecule has 3 rings (SSSR count). The van der Waals surface area contributed by atoms with Crippen molar-refractivity contribution in [2.75, 3.05) is 31.8 Å². The smallest absolute Gasteiger partial charge is 0.259 e. The van der Waals surface area contributed by atoms with E-state index < -0.39 is 0 Å². The summed E-state index contributed by atoms with van der Waals surface area (Å²) in [5, 5.41) is 14.1. The number of benzene rings is 1. The molecule has 0 spiro atoms. The standard InChI is InChI=1S/C20H23N5O3S2/c1-4-25-19(16-6-5-11-29-16)22-23-20(25)30-13-17(26)21-14-7-9-15(10-8-14)28-12-18(27)24(2)3/h5-11H,4,12-13H2,1-3H3,(H,21,26). The lowest BCUT2D eigenvalue weighted by molar-refractivity contribution is -0.130. The molecule has 8 nitrogen and oxygen atoms in total. The molecular formula is C20H23N5O3S2. The number of ether oxygens (including phenoxy) is 1. The predicted molar refractivity (Wildman–Crippen MR) is 119 cm³/mol. The van der Waals surface area contributed by atoms with Crippen molar-refractivity contribution >= 4 is 40.6 Å². The third-order valence-corrected chi connectivity index (χ3v) is 5.94. The average molecular weight is 446 g/mol. The highest BCUT2D eigenvalue weighted by atomic mass is 32.2. The van der Waals surface area contributed by atoms with E-state index in [-0.39, 0.29) is 24.2 Å². The summed E-state index contributed by atoms with van der Waals surface area (Å²) in [6.07, 6.45) is 0. The minimum absolute atomic E-state index is 0.0269. The van der Waals surface area contributed by atoms with E-state index in [0.717, 1.165) is 17.2 Å². The van der Waals surface area contributed by atoms with Crippen LogP contribution in [0, 0.1) is 0 Å². The fourth-order valence-corrected chi connectivity index (χ4v) is 4.02. The summed E-state index contributed by atoms with van der Waals surface area (Å²) >= 11 is 2.96. The van der Waals surface area contributed by atoms with E-state index >= 15 is 0 Å². The zero-order chi connectivity index (χ0) is 21.5. The van der Waals surface area contributed by atoms with Crippen molar-refractivity contribution in [2.24, 2.45) is 0 Å². The van der Waals surface area contributed by atoms with Gasteiger partial charge in [-0.25, -0.2) is 0 Å². The second-order valence-electron chi connectivity index (χ2n) is 6.47. The molecule has 0 bridgehead atoms. The summed E-state index contributed by atoms with van der Waals surface area (Å²) in [6.45, 7) is 2.73. The number of nitrogens with zero attached hydrogens (tertiary/aromatic N) is 4. The Bertz CT molecular complexity index is 985. The fourth-order valence-electron chi connectivity index (χ4n) is 2.50. The first-order valence-corrected chi connectivity index (χ1v) is 11.2. The molecule has 0 aliphatic heterocycles. The van der Waals surface area contributed by atoms with E-state index in [0.29, 0.717) is 16.6 Å². The lowest BCUT2D eigenvalue weighted by Gasteiger charge is -2.11. The molecule has 158 valence electrons. The first-order valence-electron chi connectivity index (χ1n) is 9.30. The summed E-state index contributed by atoms with van der Waals surface area (Å²) in [7, 11) is 3.35. The Morgan fingerprint density at radius 3 is 2.60 bits per heavy atom. The molecule has 3 aromatic rings. The molecule has 2 aromatic heterocycles. The number of likely N-dealkylation sites (N-methyl/N-ethyl adjacent to an activating group) is 1. The zero-order valence-electron chi connectivity index (χ0n) is 17.0. The van der Waals surface area contributed by atoms with E-state index in [1.165, 1.54) is 16.7 Å². The third-order valence-electron chi connectivity index (χ3n) is 4.11. The topological polar surface area (TPSA) is 89.4 Å². The second-order valence-corrected chi connectivity index (χ2v) is 8.36. The van der Waals surface area contributed by atoms with Crippen molar-refractivity contribution < 1.29 is 14.3 Å². The van der Waals surface area contributed by atoms with E-state index in [1.807, 2.05) is 29.0 Å². The Balaban J connectivity index is 1.52. The van der Waals surface area contributed by atoms with Crippen LogP contribution in [0.15, 0.2) is 46.9 Å². The van der Waals surface area contributed by atoms with Crippen LogP contribution in [-0.2, 0) is 16.1 Å². The number of carbonyl (C=O) groups is 2. The number of hydrogen-bond donors (Lipinski definition) is 1. The monoisotopic (exact) mass is 445 g/mol. The van der Waals surface area contributed by atoms with E-state index in [1.54, 1.807) is 49.7 Å². The van der Waals surface area contributed by atoms with Gasteiger partial charge < -0.3 is 19.5 Å². The van der Waals surface area contributed by atoms with Gasteiger partial charge in [0.15, 0.2) is 17.6 Å². The molecular weight excluding hydrogens is 422 g/mol. The Morgan fingerprint density at radius 1 is 1.20 bits per heavy atom. The van der Waals surface area contributed by atoms with Crippen LogP contribution >= 0.6 is 23.1 Å². The first-order chi connectivity index (χ1) is 14.5. The molecule has 0 radical (unpaired) electrons. The van der Waals surface area contributed by atoms with Gasteiger partial charge in [0, 0.05) is 26.3 Å². The van der Waals surface area contributed by atoms with Crippen LogP contribution in [0.2, 0.25) is 0 Å². The normalized spacial score (nSPS) is 10.6. The van der Waals surface area contributed by atoms with Gasteiger partial charge in [0.1, 0.15) is 5.75 Å². The number of hydrogen-bond acceptors (Lipinski definition) is 7. The quantitative estimate of drug-likeness (QED) is 0.509.